The molecule has 0 spiro atoms. The van der Waals surface area contributed by atoms with E-state index in [-0.39, 0.29) is 0 Å². The summed E-state index contributed by atoms with van der Waals surface area (Å²) in [5.41, 5.74) is 1.12. The highest BCUT2D eigenvalue weighted by atomic mass is 79.9. The zero-order valence-corrected chi connectivity index (χ0v) is 10.4. The van der Waals surface area contributed by atoms with E-state index in [2.05, 4.69) is 38.1 Å². The van der Waals surface area contributed by atoms with Crippen molar-refractivity contribution in [1.82, 2.24) is 9.61 Å². The van der Waals surface area contributed by atoms with Crippen molar-refractivity contribution in [2.75, 3.05) is 31.2 Å². The van der Waals surface area contributed by atoms with Crippen LogP contribution < -0.4 is 4.90 Å². The van der Waals surface area contributed by atoms with Crippen LogP contribution in [0.2, 0.25) is 0 Å². The van der Waals surface area contributed by atoms with E-state index in [1.54, 1.807) is 0 Å². The predicted molar refractivity (Wildman–Crippen MR) is 65.9 cm³/mol. The van der Waals surface area contributed by atoms with Crippen molar-refractivity contribution >= 4 is 27.3 Å². The van der Waals surface area contributed by atoms with Gasteiger partial charge in [0.2, 0.25) is 0 Å². The third-order valence-corrected chi connectivity index (χ3v) is 3.21. The summed E-state index contributed by atoms with van der Waals surface area (Å²) >= 11 is 3.44. The number of hydrogen-bond acceptors (Lipinski definition) is 3. The largest absolute Gasteiger partial charge is 0.378 e. The second kappa shape index (κ2) is 4.07. The molecule has 0 unspecified atom stereocenters. The fourth-order valence-electron chi connectivity index (χ4n) is 1.90. The van der Waals surface area contributed by atoms with Gasteiger partial charge in [-0.25, -0.2) is 4.52 Å². The molecule has 5 heteroatoms. The van der Waals surface area contributed by atoms with E-state index in [0.29, 0.717) is 0 Å². The molecule has 16 heavy (non-hydrogen) atoms. The lowest BCUT2D eigenvalue weighted by Gasteiger charge is -2.26. The standard InChI is InChI=1S/C11H12BrN3O/c12-9-1-2-10-7-11(13-15(10)8-9)14-3-5-16-6-4-14/h1-2,7-8H,3-6H2. The molecule has 84 valence electrons. The molecular formula is C11H12BrN3O. The van der Waals surface area contributed by atoms with Crippen molar-refractivity contribution in [3.63, 3.8) is 0 Å². The average molecular weight is 282 g/mol. The molecule has 2 aromatic rings. The maximum atomic E-state index is 5.33. The fraction of sp³-hybridized carbons (Fsp3) is 0.364. The molecule has 3 heterocycles. The third-order valence-electron chi connectivity index (χ3n) is 2.75. The number of pyridine rings is 1. The molecule has 0 N–H and O–H groups in total. The highest BCUT2D eigenvalue weighted by Crippen LogP contribution is 2.19. The van der Waals surface area contributed by atoms with Crippen LogP contribution in [0.5, 0.6) is 0 Å². The van der Waals surface area contributed by atoms with E-state index in [1.807, 2.05) is 16.8 Å². The molecule has 1 fully saturated rings. The first kappa shape index (κ1) is 10.1. The lowest BCUT2D eigenvalue weighted by molar-refractivity contribution is 0.122. The Kier molecular flexibility index (Phi) is 2.57. The number of nitrogens with zero attached hydrogens (tertiary/aromatic N) is 3. The Balaban J connectivity index is 1.97. The molecule has 0 aromatic carbocycles. The minimum atomic E-state index is 0.789. The van der Waals surface area contributed by atoms with Gasteiger partial charge < -0.3 is 9.64 Å². The summed E-state index contributed by atoms with van der Waals surface area (Å²) in [6.07, 6.45) is 1.97. The van der Waals surface area contributed by atoms with Gasteiger partial charge in [0.05, 0.1) is 18.7 Å². The van der Waals surface area contributed by atoms with Gasteiger partial charge in [0, 0.05) is 29.8 Å². The number of hydrogen-bond donors (Lipinski definition) is 0. The molecule has 0 radical (unpaired) electrons. The monoisotopic (exact) mass is 281 g/mol. The zero-order valence-electron chi connectivity index (χ0n) is 8.77. The summed E-state index contributed by atoms with van der Waals surface area (Å²) in [5.74, 6) is 1.03. The molecular weight excluding hydrogens is 270 g/mol. The average Bonchev–Trinajstić information content (AvgIpc) is 2.73. The molecule has 2 aromatic heterocycles. The smallest absolute Gasteiger partial charge is 0.151 e. The number of aromatic nitrogens is 2. The molecule has 1 aliphatic heterocycles. The van der Waals surface area contributed by atoms with Gasteiger partial charge in [0.1, 0.15) is 0 Å². The molecule has 1 saturated heterocycles. The number of halogens is 1. The summed E-state index contributed by atoms with van der Waals surface area (Å²) < 4.78 is 8.27. The lowest BCUT2D eigenvalue weighted by atomic mass is 10.4. The lowest BCUT2D eigenvalue weighted by Crippen LogP contribution is -2.36. The van der Waals surface area contributed by atoms with Gasteiger partial charge >= 0.3 is 0 Å². The number of ether oxygens (including phenoxy) is 1. The van der Waals surface area contributed by atoms with Gasteiger partial charge in [-0.15, -0.1) is 0 Å². The Hall–Kier alpha value is -1.07. The van der Waals surface area contributed by atoms with E-state index >= 15 is 0 Å². The van der Waals surface area contributed by atoms with Crippen LogP contribution in [0.25, 0.3) is 5.52 Å². The van der Waals surface area contributed by atoms with E-state index in [9.17, 15) is 0 Å². The van der Waals surface area contributed by atoms with Crippen LogP contribution in [-0.4, -0.2) is 35.9 Å². The molecule has 0 amide bonds. The van der Waals surface area contributed by atoms with Crippen molar-refractivity contribution in [3.8, 4) is 0 Å². The molecule has 3 rings (SSSR count). The number of anilines is 1. The zero-order chi connectivity index (χ0) is 11.0. The molecule has 0 saturated carbocycles. The van der Waals surface area contributed by atoms with Crippen LogP contribution in [-0.2, 0) is 4.74 Å². The van der Waals surface area contributed by atoms with Crippen LogP contribution in [0.3, 0.4) is 0 Å². The molecule has 0 atom stereocenters. The highest BCUT2D eigenvalue weighted by molar-refractivity contribution is 9.10. The van der Waals surface area contributed by atoms with Crippen LogP contribution in [0.4, 0.5) is 5.82 Å². The summed E-state index contributed by atoms with van der Waals surface area (Å²) in [6.45, 7) is 3.42. The fourth-order valence-corrected chi connectivity index (χ4v) is 2.22. The van der Waals surface area contributed by atoms with Crippen molar-refractivity contribution in [3.05, 3.63) is 28.9 Å². The van der Waals surface area contributed by atoms with Crippen LogP contribution >= 0.6 is 15.9 Å². The van der Waals surface area contributed by atoms with Crippen molar-refractivity contribution < 1.29 is 4.74 Å². The van der Waals surface area contributed by atoms with Crippen molar-refractivity contribution in [1.29, 1.82) is 0 Å². The normalized spacial score (nSPS) is 16.9. The van der Waals surface area contributed by atoms with E-state index < -0.39 is 0 Å². The first-order chi connectivity index (χ1) is 7.83. The molecule has 0 bridgehead atoms. The van der Waals surface area contributed by atoms with Gasteiger partial charge in [0.25, 0.3) is 0 Å². The Bertz CT molecular complexity index is 505. The van der Waals surface area contributed by atoms with Gasteiger partial charge in [-0.1, -0.05) is 0 Å². The molecule has 0 aliphatic carbocycles. The molecule has 1 aliphatic rings. The first-order valence-corrected chi connectivity index (χ1v) is 6.10. The summed E-state index contributed by atoms with van der Waals surface area (Å²) in [6, 6.07) is 6.19. The van der Waals surface area contributed by atoms with Crippen molar-refractivity contribution in [2.24, 2.45) is 0 Å². The third kappa shape index (κ3) is 1.81. The van der Waals surface area contributed by atoms with Crippen LogP contribution in [0.15, 0.2) is 28.9 Å². The highest BCUT2D eigenvalue weighted by Gasteiger charge is 2.14. The Morgan fingerprint density at radius 3 is 2.88 bits per heavy atom. The minimum Gasteiger partial charge on any atom is -0.378 e. The Morgan fingerprint density at radius 2 is 2.06 bits per heavy atom. The summed E-state index contributed by atoms with van der Waals surface area (Å²) in [4.78, 5) is 2.25. The van der Waals surface area contributed by atoms with E-state index in [4.69, 9.17) is 4.74 Å². The minimum absolute atomic E-state index is 0.789. The van der Waals surface area contributed by atoms with Gasteiger partial charge in [-0.2, -0.15) is 5.10 Å². The maximum absolute atomic E-state index is 5.33. The Labute approximate surface area is 102 Å². The van der Waals surface area contributed by atoms with Gasteiger partial charge in [-0.05, 0) is 28.1 Å². The Morgan fingerprint density at radius 1 is 1.25 bits per heavy atom. The number of fused-ring (bicyclic) bond motifs is 1. The number of morpholine rings is 1. The predicted octanol–water partition coefficient (Wildman–Crippen LogP) is 1.93. The van der Waals surface area contributed by atoms with Crippen LogP contribution in [0.1, 0.15) is 0 Å². The topological polar surface area (TPSA) is 29.8 Å². The summed E-state index contributed by atoms with van der Waals surface area (Å²) in [7, 11) is 0. The number of rotatable bonds is 1. The summed E-state index contributed by atoms with van der Waals surface area (Å²) in [5, 5.41) is 4.55. The van der Waals surface area contributed by atoms with Crippen LogP contribution in [0, 0.1) is 0 Å². The van der Waals surface area contributed by atoms with Gasteiger partial charge in [-0.3, -0.25) is 0 Å². The quantitative estimate of drug-likeness (QED) is 0.800. The van der Waals surface area contributed by atoms with E-state index in [1.165, 1.54) is 0 Å². The molecule has 4 nitrogen and oxygen atoms in total. The van der Waals surface area contributed by atoms with Gasteiger partial charge in [0.15, 0.2) is 5.82 Å². The van der Waals surface area contributed by atoms with E-state index in [0.717, 1.165) is 42.1 Å². The second-order valence-electron chi connectivity index (χ2n) is 3.82. The second-order valence-corrected chi connectivity index (χ2v) is 4.73. The maximum Gasteiger partial charge on any atom is 0.151 e. The first-order valence-electron chi connectivity index (χ1n) is 5.30. The van der Waals surface area contributed by atoms with Crippen molar-refractivity contribution in [2.45, 2.75) is 0 Å². The SMILES string of the molecule is Brc1ccc2cc(N3CCOCC3)nn2c1.